The molecule has 0 N–H and O–H groups in total. The molecule has 114 valence electrons. The fraction of sp³-hybridized carbons (Fsp3) is 0.562. The van der Waals surface area contributed by atoms with Gasteiger partial charge < -0.3 is 4.74 Å². The van der Waals surface area contributed by atoms with Crippen LogP contribution in [0.3, 0.4) is 0 Å². The highest BCUT2D eigenvalue weighted by Gasteiger charge is 2.51. The van der Waals surface area contributed by atoms with Crippen molar-refractivity contribution < 1.29 is 18.3 Å². The summed E-state index contributed by atoms with van der Waals surface area (Å²) in [6.07, 6.45) is 2.73. The predicted octanol–water partition coefficient (Wildman–Crippen LogP) is 4.54. The second kappa shape index (κ2) is 7.36. The van der Waals surface area contributed by atoms with E-state index in [1.165, 1.54) is 26.8 Å². The normalized spacial score (nSPS) is 13.4. The van der Waals surface area contributed by atoms with Crippen LogP contribution in [-0.2, 0) is 9.53 Å². The minimum absolute atomic E-state index is 0.0799. The van der Waals surface area contributed by atoms with Crippen molar-refractivity contribution in [3.8, 4) is 0 Å². The van der Waals surface area contributed by atoms with Crippen molar-refractivity contribution in [2.45, 2.75) is 39.5 Å². The number of carbonyl (C=O) groups excluding carboxylic acids is 1. The summed E-state index contributed by atoms with van der Waals surface area (Å²) < 4.78 is 34.0. The van der Waals surface area contributed by atoms with E-state index in [9.17, 15) is 13.6 Å². The number of hydrogen-bond donors (Lipinski definition) is 0. The van der Waals surface area contributed by atoms with Gasteiger partial charge in [-0.3, -0.25) is 4.79 Å². The van der Waals surface area contributed by atoms with Crippen molar-refractivity contribution in [2.24, 2.45) is 11.3 Å². The van der Waals surface area contributed by atoms with E-state index in [0.29, 0.717) is 0 Å². The minimum Gasteiger partial charge on any atom is -0.493 e. The SMILES string of the molecule is C=CC(=C)OCC(C)(C)C(F)(F)C(C)CCC(=O)C=C. The van der Waals surface area contributed by atoms with Crippen LogP contribution in [0, 0.1) is 11.3 Å². The molecule has 0 fully saturated rings. The second-order valence-corrected chi connectivity index (χ2v) is 5.58. The minimum atomic E-state index is -2.96. The highest BCUT2D eigenvalue weighted by molar-refractivity contribution is 5.88. The number of rotatable bonds is 10. The number of halogens is 2. The number of ketones is 1. The van der Waals surface area contributed by atoms with Crippen LogP contribution in [-0.4, -0.2) is 18.3 Å². The van der Waals surface area contributed by atoms with Crippen LogP contribution in [0.2, 0.25) is 0 Å². The molecular formula is C16H24F2O2. The first-order chi connectivity index (χ1) is 9.08. The molecule has 0 aromatic rings. The zero-order valence-corrected chi connectivity index (χ0v) is 12.5. The van der Waals surface area contributed by atoms with E-state index >= 15 is 0 Å². The topological polar surface area (TPSA) is 26.3 Å². The van der Waals surface area contributed by atoms with Gasteiger partial charge in [0.1, 0.15) is 5.76 Å². The maximum absolute atomic E-state index is 14.4. The molecule has 0 radical (unpaired) electrons. The summed E-state index contributed by atoms with van der Waals surface area (Å²) >= 11 is 0. The van der Waals surface area contributed by atoms with Gasteiger partial charge in [0.2, 0.25) is 0 Å². The Morgan fingerprint density at radius 3 is 2.30 bits per heavy atom. The quantitative estimate of drug-likeness (QED) is 0.335. The van der Waals surface area contributed by atoms with Crippen LogP contribution < -0.4 is 0 Å². The largest absolute Gasteiger partial charge is 0.493 e. The van der Waals surface area contributed by atoms with Crippen molar-refractivity contribution in [1.82, 2.24) is 0 Å². The average molecular weight is 286 g/mol. The first kappa shape index (κ1) is 18.6. The molecular weight excluding hydrogens is 262 g/mol. The molecule has 0 rings (SSSR count). The van der Waals surface area contributed by atoms with Crippen LogP contribution in [0.25, 0.3) is 0 Å². The van der Waals surface area contributed by atoms with Gasteiger partial charge in [-0.15, -0.1) is 0 Å². The third-order valence-electron chi connectivity index (χ3n) is 3.42. The average Bonchev–Trinajstić information content (AvgIpc) is 2.41. The van der Waals surface area contributed by atoms with Crippen molar-refractivity contribution in [3.05, 3.63) is 37.6 Å². The van der Waals surface area contributed by atoms with Crippen LogP contribution >= 0.6 is 0 Å². The zero-order chi connectivity index (χ0) is 16.0. The number of alkyl halides is 2. The Hall–Kier alpha value is -1.45. The molecule has 2 nitrogen and oxygen atoms in total. The Bertz CT molecular complexity index is 384. The Morgan fingerprint density at radius 1 is 1.30 bits per heavy atom. The van der Waals surface area contributed by atoms with Gasteiger partial charge in [0.05, 0.1) is 12.0 Å². The molecule has 0 aromatic carbocycles. The highest BCUT2D eigenvalue weighted by atomic mass is 19.3. The maximum atomic E-state index is 14.4. The van der Waals surface area contributed by atoms with Crippen molar-refractivity contribution in [3.63, 3.8) is 0 Å². The number of carbonyl (C=O) groups is 1. The standard InChI is InChI=1S/C16H24F2O2/c1-7-13(4)20-11-15(5,6)16(17,18)12(3)9-10-14(19)8-2/h7-8,12H,1-2,4,9-11H2,3,5-6H3. The van der Waals surface area contributed by atoms with Crippen LogP contribution in [0.4, 0.5) is 8.78 Å². The summed E-state index contributed by atoms with van der Waals surface area (Å²) in [5, 5.41) is 0. The lowest BCUT2D eigenvalue weighted by Crippen LogP contribution is -2.45. The molecule has 0 spiro atoms. The molecule has 0 aromatic heterocycles. The molecule has 1 unspecified atom stereocenters. The molecule has 0 aliphatic carbocycles. The van der Waals surface area contributed by atoms with E-state index < -0.39 is 17.3 Å². The van der Waals surface area contributed by atoms with E-state index in [4.69, 9.17) is 4.74 Å². The highest BCUT2D eigenvalue weighted by Crippen LogP contribution is 2.44. The monoisotopic (exact) mass is 286 g/mol. The maximum Gasteiger partial charge on any atom is 0.258 e. The molecule has 20 heavy (non-hydrogen) atoms. The van der Waals surface area contributed by atoms with E-state index in [0.717, 1.165) is 6.08 Å². The van der Waals surface area contributed by atoms with Gasteiger partial charge in [0.15, 0.2) is 5.78 Å². The predicted molar refractivity (Wildman–Crippen MR) is 77.6 cm³/mol. The van der Waals surface area contributed by atoms with Crippen LogP contribution in [0.15, 0.2) is 37.6 Å². The molecule has 0 bridgehead atoms. The van der Waals surface area contributed by atoms with E-state index in [2.05, 4.69) is 19.7 Å². The zero-order valence-electron chi connectivity index (χ0n) is 12.5. The molecule has 1 atom stereocenters. The Morgan fingerprint density at radius 2 is 1.85 bits per heavy atom. The fourth-order valence-corrected chi connectivity index (χ4v) is 1.74. The number of ether oxygens (including phenoxy) is 1. The smallest absolute Gasteiger partial charge is 0.258 e. The van der Waals surface area contributed by atoms with Gasteiger partial charge in [0, 0.05) is 12.3 Å². The summed E-state index contributed by atoms with van der Waals surface area (Å²) in [6, 6.07) is 0. The molecule has 0 saturated carbocycles. The number of hydrogen-bond acceptors (Lipinski definition) is 2. The van der Waals surface area contributed by atoms with E-state index in [1.807, 2.05) is 0 Å². The molecule has 0 aliphatic heterocycles. The van der Waals surface area contributed by atoms with Gasteiger partial charge in [-0.1, -0.05) is 40.5 Å². The molecule has 0 aliphatic rings. The lowest BCUT2D eigenvalue weighted by Gasteiger charge is -2.37. The number of allylic oxidation sites excluding steroid dienone is 2. The third-order valence-corrected chi connectivity index (χ3v) is 3.42. The van der Waals surface area contributed by atoms with Crippen molar-refractivity contribution in [1.29, 1.82) is 0 Å². The summed E-state index contributed by atoms with van der Waals surface area (Å²) in [6.45, 7) is 14.5. The fourth-order valence-electron chi connectivity index (χ4n) is 1.74. The summed E-state index contributed by atoms with van der Waals surface area (Å²) in [5.41, 5.74) is -1.37. The molecule has 0 heterocycles. The lowest BCUT2D eigenvalue weighted by molar-refractivity contribution is -0.164. The Balaban J connectivity index is 4.71. The van der Waals surface area contributed by atoms with Gasteiger partial charge in [-0.05, 0) is 18.6 Å². The van der Waals surface area contributed by atoms with Crippen LogP contribution in [0.5, 0.6) is 0 Å². The Kier molecular flexibility index (Phi) is 6.83. The molecule has 0 saturated heterocycles. The molecule has 4 heteroatoms. The van der Waals surface area contributed by atoms with Crippen LogP contribution in [0.1, 0.15) is 33.6 Å². The first-order valence-corrected chi connectivity index (χ1v) is 6.55. The summed E-state index contributed by atoms with van der Waals surface area (Å²) in [4.78, 5) is 11.1. The van der Waals surface area contributed by atoms with Gasteiger partial charge in [-0.25, -0.2) is 8.78 Å². The van der Waals surface area contributed by atoms with Crippen molar-refractivity contribution >= 4 is 5.78 Å². The van der Waals surface area contributed by atoms with Crippen molar-refractivity contribution in [2.75, 3.05) is 6.61 Å². The van der Waals surface area contributed by atoms with E-state index in [1.54, 1.807) is 0 Å². The molecule has 0 amide bonds. The van der Waals surface area contributed by atoms with Gasteiger partial charge >= 0.3 is 0 Å². The van der Waals surface area contributed by atoms with E-state index in [-0.39, 0.29) is 31.0 Å². The third kappa shape index (κ3) is 4.91. The van der Waals surface area contributed by atoms with Gasteiger partial charge in [-0.2, -0.15) is 0 Å². The lowest BCUT2D eigenvalue weighted by atomic mass is 9.78. The summed E-state index contributed by atoms with van der Waals surface area (Å²) in [5.74, 6) is -3.84. The Labute approximate surface area is 120 Å². The van der Waals surface area contributed by atoms with Gasteiger partial charge in [0.25, 0.3) is 5.92 Å². The first-order valence-electron chi connectivity index (χ1n) is 6.55. The summed E-state index contributed by atoms with van der Waals surface area (Å²) in [7, 11) is 0. The second-order valence-electron chi connectivity index (χ2n) is 5.58.